The maximum Gasteiger partial charge on any atom is 0.407 e. The summed E-state index contributed by atoms with van der Waals surface area (Å²) in [6, 6.07) is 5.55. The topological polar surface area (TPSA) is 58.6 Å². The number of carbonyl (C=O) groups excluding carboxylic acids is 2. The van der Waals surface area contributed by atoms with Gasteiger partial charge < -0.3 is 15.0 Å². The van der Waals surface area contributed by atoms with Crippen LogP contribution in [0.25, 0.3) is 0 Å². The van der Waals surface area contributed by atoms with E-state index in [1.165, 1.54) is 0 Å². The van der Waals surface area contributed by atoms with Crippen molar-refractivity contribution in [3.63, 3.8) is 0 Å². The zero-order valence-corrected chi connectivity index (χ0v) is 16.4. The Balaban J connectivity index is 1.59. The molecule has 1 aromatic rings. The fourth-order valence-corrected chi connectivity index (χ4v) is 4.27. The van der Waals surface area contributed by atoms with Crippen LogP contribution in [-0.4, -0.2) is 43.1 Å². The number of amides is 2. The molecule has 6 heteroatoms. The number of piperidine rings is 1. The van der Waals surface area contributed by atoms with E-state index in [4.69, 9.17) is 4.74 Å². The predicted octanol–water partition coefficient (Wildman–Crippen LogP) is 3.40. The number of alkyl carbamates (subject to hydrolysis) is 1. The number of benzene rings is 1. The molecule has 1 N–H and O–H groups in total. The molecule has 1 aliphatic carbocycles. The molecule has 0 spiro atoms. The maximum atomic E-state index is 14.0. The summed E-state index contributed by atoms with van der Waals surface area (Å²) in [7, 11) is 0. The van der Waals surface area contributed by atoms with E-state index < -0.39 is 6.09 Å². The van der Waals surface area contributed by atoms with E-state index in [1.807, 2.05) is 24.0 Å². The Labute approximate surface area is 160 Å². The van der Waals surface area contributed by atoms with Gasteiger partial charge >= 0.3 is 6.09 Å². The zero-order valence-electron chi connectivity index (χ0n) is 16.4. The molecular formula is C21H29FN2O3. The molecule has 2 amide bonds. The standard InChI is InChI=1S/C21H29FN2O3/c1-4-15(12-23-20(26)27-5-2)19(25)24-9-8-21(11-17(21)13-24)16-7-6-14(3)18(22)10-16/h6-7,10,15,17H,4-5,8-9,11-13H2,1-3H3,(H,23,26)/t15-,17?,21?/m1/s1. The average molecular weight is 376 g/mol. The normalized spacial score (nSPS) is 24.7. The van der Waals surface area contributed by atoms with Gasteiger partial charge in [0.05, 0.1) is 12.5 Å². The smallest absolute Gasteiger partial charge is 0.407 e. The number of aryl methyl sites for hydroxylation is 1. The van der Waals surface area contributed by atoms with Crippen molar-refractivity contribution < 1.29 is 18.7 Å². The van der Waals surface area contributed by atoms with E-state index in [9.17, 15) is 14.0 Å². The van der Waals surface area contributed by atoms with E-state index in [0.717, 1.165) is 18.4 Å². The summed E-state index contributed by atoms with van der Waals surface area (Å²) in [5.74, 6) is 0.0947. The Kier molecular flexibility index (Phi) is 5.72. The second kappa shape index (κ2) is 7.87. The van der Waals surface area contributed by atoms with Crippen LogP contribution in [0.5, 0.6) is 0 Å². The van der Waals surface area contributed by atoms with Gasteiger partial charge in [0.2, 0.25) is 5.91 Å². The molecule has 2 unspecified atom stereocenters. The summed E-state index contributed by atoms with van der Waals surface area (Å²) in [6.07, 6.45) is 2.07. The fourth-order valence-electron chi connectivity index (χ4n) is 4.27. The molecule has 27 heavy (non-hydrogen) atoms. The monoisotopic (exact) mass is 376 g/mol. The predicted molar refractivity (Wildman–Crippen MR) is 101 cm³/mol. The van der Waals surface area contributed by atoms with Crippen LogP contribution in [0.2, 0.25) is 0 Å². The van der Waals surface area contributed by atoms with Crippen molar-refractivity contribution in [2.24, 2.45) is 11.8 Å². The minimum Gasteiger partial charge on any atom is -0.450 e. The number of hydrogen-bond donors (Lipinski definition) is 1. The van der Waals surface area contributed by atoms with Gasteiger partial charge in [-0.3, -0.25) is 4.79 Å². The molecule has 0 aromatic heterocycles. The van der Waals surface area contributed by atoms with Crippen molar-refractivity contribution in [3.8, 4) is 0 Å². The Morgan fingerprint density at radius 1 is 1.41 bits per heavy atom. The van der Waals surface area contributed by atoms with Crippen molar-refractivity contribution in [2.45, 2.75) is 45.4 Å². The van der Waals surface area contributed by atoms with E-state index in [0.29, 0.717) is 44.1 Å². The molecule has 1 saturated heterocycles. The molecule has 1 heterocycles. The second-order valence-corrected chi connectivity index (χ2v) is 7.76. The van der Waals surface area contributed by atoms with E-state index >= 15 is 0 Å². The SMILES string of the molecule is CCOC(=O)NC[C@@H](CC)C(=O)N1CCC2(c3ccc(C)c(F)c3)CC2C1. The summed E-state index contributed by atoms with van der Waals surface area (Å²) in [4.78, 5) is 26.3. The number of rotatable bonds is 6. The summed E-state index contributed by atoms with van der Waals surface area (Å²) in [6.45, 7) is 7.48. The molecule has 3 rings (SSSR count). The highest BCUT2D eigenvalue weighted by atomic mass is 19.1. The maximum absolute atomic E-state index is 14.0. The van der Waals surface area contributed by atoms with Crippen molar-refractivity contribution >= 4 is 12.0 Å². The zero-order chi connectivity index (χ0) is 19.6. The summed E-state index contributed by atoms with van der Waals surface area (Å²) in [5, 5.41) is 2.67. The first-order chi connectivity index (χ1) is 12.9. The quantitative estimate of drug-likeness (QED) is 0.828. The van der Waals surface area contributed by atoms with E-state index in [2.05, 4.69) is 5.32 Å². The van der Waals surface area contributed by atoms with Gasteiger partial charge in [-0.2, -0.15) is 0 Å². The molecule has 0 radical (unpaired) electrons. The lowest BCUT2D eigenvalue weighted by molar-refractivity contribution is -0.136. The first-order valence-corrected chi connectivity index (χ1v) is 9.87. The van der Waals surface area contributed by atoms with Crippen LogP contribution in [0.15, 0.2) is 18.2 Å². The van der Waals surface area contributed by atoms with Gasteiger partial charge in [0, 0.05) is 25.0 Å². The molecule has 1 aliphatic heterocycles. The Morgan fingerprint density at radius 2 is 2.19 bits per heavy atom. The van der Waals surface area contributed by atoms with Crippen molar-refractivity contribution in [3.05, 3.63) is 35.1 Å². The Morgan fingerprint density at radius 3 is 2.81 bits per heavy atom. The van der Waals surface area contributed by atoms with Gasteiger partial charge in [0.25, 0.3) is 0 Å². The van der Waals surface area contributed by atoms with Crippen molar-refractivity contribution in [1.29, 1.82) is 0 Å². The third-order valence-corrected chi connectivity index (χ3v) is 6.17. The number of hydrogen-bond acceptors (Lipinski definition) is 3. The highest BCUT2D eigenvalue weighted by Gasteiger charge is 2.58. The number of carbonyl (C=O) groups is 2. The summed E-state index contributed by atoms with van der Waals surface area (Å²) < 4.78 is 18.8. The number of fused-ring (bicyclic) bond motifs is 1. The Bertz CT molecular complexity index is 723. The van der Waals surface area contributed by atoms with Crippen LogP contribution in [0.4, 0.5) is 9.18 Å². The number of ether oxygens (including phenoxy) is 1. The fraction of sp³-hybridized carbons (Fsp3) is 0.619. The van der Waals surface area contributed by atoms with Gasteiger partial charge in [-0.05, 0) is 56.2 Å². The summed E-state index contributed by atoms with van der Waals surface area (Å²) >= 11 is 0. The number of nitrogens with one attached hydrogen (secondary N) is 1. The van der Waals surface area contributed by atoms with Crippen molar-refractivity contribution in [2.75, 3.05) is 26.2 Å². The largest absolute Gasteiger partial charge is 0.450 e. The molecule has 2 fully saturated rings. The lowest BCUT2D eigenvalue weighted by Gasteiger charge is -2.34. The molecular weight excluding hydrogens is 347 g/mol. The van der Waals surface area contributed by atoms with E-state index in [1.54, 1.807) is 19.9 Å². The minimum absolute atomic E-state index is 0.0379. The van der Waals surface area contributed by atoms with Crippen LogP contribution in [0, 0.1) is 24.6 Å². The van der Waals surface area contributed by atoms with Crippen LogP contribution < -0.4 is 5.32 Å². The van der Waals surface area contributed by atoms with Gasteiger partial charge in [0.1, 0.15) is 5.82 Å². The molecule has 1 aromatic carbocycles. The van der Waals surface area contributed by atoms with Crippen molar-refractivity contribution in [1.82, 2.24) is 10.2 Å². The molecule has 5 nitrogen and oxygen atoms in total. The third kappa shape index (κ3) is 3.94. The molecule has 148 valence electrons. The lowest BCUT2D eigenvalue weighted by Crippen LogP contribution is -2.46. The van der Waals surface area contributed by atoms with Crippen LogP contribution in [-0.2, 0) is 14.9 Å². The number of likely N-dealkylation sites (tertiary alicyclic amines) is 1. The third-order valence-electron chi connectivity index (χ3n) is 6.17. The number of nitrogens with zero attached hydrogens (tertiary/aromatic N) is 1. The van der Waals surface area contributed by atoms with Crippen LogP contribution in [0.3, 0.4) is 0 Å². The Hall–Kier alpha value is -2.11. The van der Waals surface area contributed by atoms with Crippen LogP contribution >= 0.6 is 0 Å². The second-order valence-electron chi connectivity index (χ2n) is 7.76. The first-order valence-electron chi connectivity index (χ1n) is 9.87. The van der Waals surface area contributed by atoms with Gasteiger partial charge in [-0.25, -0.2) is 9.18 Å². The highest BCUT2D eigenvalue weighted by molar-refractivity contribution is 5.80. The molecule has 1 saturated carbocycles. The molecule has 2 aliphatic rings. The highest BCUT2D eigenvalue weighted by Crippen LogP contribution is 2.59. The van der Waals surface area contributed by atoms with Gasteiger partial charge in [0.15, 0.2) is 0 Å². The molecule has 3 atom stereocenters. The van der Waals surface area contributed by atoms with Gasteiger partial charge in [-0.15, -0.1) is 0 Å². The summed E-state index contributed by atoms with van der Waals surface area (Å²) in [5.41, 5.74) is 1.77. The number of halogens is 1. The van der Waals surface area contributed by atoms with E-state index in [-0.39, 0.29) is 23.1 Å². The van der Waals surface area contributed by atoms with Crippen LogP contribution in [0.1, 0.15) is 44.2 Å². The van der Waals surface area contributed by atoms with Gasteiger partial charge in [-0.1, -0.05) is 19.1 Å². The first kappa shape index (κ1) is 19.6. The average Bonchev–Trinajstić information content (AvgIpc) is 3.39. The lowest BCUT2D eigenvalue weighted by atomic mass is 9.86. The minimum atomic E-state index is -0.481. The molecule has 0 bridgehead atoms.